The van der Waals surface area contributed by atoms with Crippen LogP contribution >= 0.6 is 0 Å². The molecule has 1 aliphatic heterocycles. The maximum absolute atomic E-state index is 13.9. The molecule has 5 heteroatoms. The number of aliphatic hydroxyl groups excluding tert-OH is 1. The monoisotopic (exact) mass is 331 g/mol. The fourth-order valence-corrected chi connectivity index (χ4v) is 3.59. The lowest BCUT2D eigenvalue weighted by molar-refractivity contribution is 0.117. The van der Waals surface area contributed by atoms with Gasteiger partial charge in [0, 0.05) is 37.3 Å². The lowest BCUT2D eigenvalue weighted by atomic mass is 10.0. The molecule has 130 valence electrons. The molecular formula is C19H26FN3O. The molecule has 0 bridgehead atoms. The lowest BCUT2D eigenvalue weighted by Gasteiger charge is -2.36. The van der Waals surface area contributed by atoms with Gasteiger partial charge in [-0.2, -0.15) is 0 Å². The Hall–Kier alpha value is -1.56. The van der Waals surface area contributed by atoms with Crippen LogP contribution in [0.25, 0.3) is 10.9 Å². The topological polar surface area (TPSA) is 39.6 Å². The van der Waals surface area contributed by atoms with Crippen LogP contribution in [0, 0.1) is 5.82 Å². The molecule has 1 aromatic heterocycles. The minimum atomic E-state index is -0.203. The van der Waals surface area contributed by atoms with Gasteiger partial charge in [-0.05, 0) is 63.2 Å². The second-order valence-electron chi connectivity index (χ2n) is 6.67. The molecule has 0 amide bonds. The molecule has 2 heterocycles. The summed E-state index contributed by atoms with van der Waals surface area (Å²) < 4.78 is 13.9. The van der Waals surface area contributed by atoms with Gasteiger partial charge < -0.3 is 10.0 Å². The van der Waals surface area contributed by atoms with Crippen molar-refractivity contribution in [2.75, 3.05) is 33.3 Å². The van der Waals surface area contributed by atoms with Crippen LogP contribution < -0.4 is 0 Å². The fourth-order valence-electron chi connectivity index (χ4n) is 3.59. The molecule has 1 N–H and O–H groups in total. The summed E-state index contributed by atoms with van der Waals surface area (Å²) in [7, 11) is 2.15. The Morgan fingerprint density at radius 3 is 2.83 bits per heavy atom. The number of aliphatic hydroxyl groups is 1. The third-order valence-corrected chi connectivity index (χ3v) is 5.04. The highest BCUT2D eigenvalue weighted by Crippen LogP contribution is 2.23. The Bertz CT molecular complexity index is 671. The van der Waals surface area contributed by atoms with Crippen molar-refractivity contribution < 1.29 is 9.50 Å². The summed E-state index contributed by atoms with van der Waals surface area (Å²) in [6, 6.07) is 7.58. The quantitative estimate of drug-likeness (QED) is 0.883. The summed E-state index contributed by atoms with van der Waals surface area (Å²) in [5, 5.41) is 9.56. The second-order valence-corrected chi connectivity index (χ2v) is 6.67. The summed E-state index contributed by atoms with van der Waals surface area (Å²) in [6.45, 7) is 4.11. The Morgan fingerprint density at radius 1 is 1.29 bits per heavy atom. The van der Waals surface area contributed by atoms with Crippen molar-refractivity contribution in [1.29, 1.82) is 0 Å². The first-order valence-corrected chi connectivity index (χ1v) is 8.74. The van der Waals surface area contributed by atoms with Gasteiger partial charge in [0.25, 0.3) is 0 Å². The maximum atomic E-state index is 13.9. The van der Waals surface area contributed by atoms with E-state index < -0.39 is 0 Å². The van der Waals surface area contributed by atoms with Crippen molar-refractivity contribution in [3.05, 3.63) is 41.8 Å². The minimum Gasteiger partial charge on any atom is -0.396 e. The van der Waals surface area contributed by atoms with Crippen LogP contribution in [-0.2, 0) is 6.54 Å². The van der Waals surface area contributed by atoms with E-state index >= 15 is 0 Å². The highest BCUT2D eigenvalue weighted by Gasteiger charge is 2.22. The zero-order valence-corrected chi connectivity index (χ0v) is 14.3. The van der Waals surface area contributed by atoms with Crippen molar-refractivity contribution in [2.24, 2.45) is 0 Å². The number of benzene rings is 1. The van der Waals surface area contributed by atoms with E-state index in [0.29, 0.717) is 11.4 Å². The largest absolute Gasteiger partial charge is 0.396 e. The van der Waals surface area contributed by atoms with Crippen molar-refractivity contribution in [3.8, 4) is 0 Å². The number of fused-ring (bicyclic) bond motifs is 1. The highest BCUT2D eigenvalue weighted by molar-refractivity contribution is 5.82. The molecule has 3 rings (SSSR count). The van der Waals surface area contributed by atoms with E-state index in [0.717, 1.165) is 56.5 Å². The molecule has 1 aromatic carbocycles. The second kappa shape index (κ2) is 8.01. The Labute approximate surface area is 142 Å². The summed E-state index contributed by atoms with van der Waals surface area (Å²) >= 11 is 0. The van der Waals surface area contributed by atoms with Gasteiger partial charge in [-0.15, -0.1) is 0 Å². The Balaban J connectivity index is 1.62. The first kappa shape index (κ1) is 17.3. The normalized spacial score (nSPS) is 17.0. The van der Waals surface area contributed by atoms with Crippen LogP contribution in [0.4, 0.5) is 4.39 Å². The van der Waals surface area contributed by atoms with Crippen LogP contribution in [0.1, 0.15) is 24.8 Å². The Morgan fingerprint density at radius 2 is 2.08 bits per heavy atom. The van der Waals surface area contributed by atoms with E-state index in [1.54, 1.807) is 24.4 Å². The van der Waals surface area contributed by atoms with Gasteiger partial charge in [0.05, 0.1) is 5.52 Å². The van der Waals surface area contributed by atoms with Crippen LogP contribution in [0.3, 0.4) is 0 Å². The van der Waals surface area contributed by atoms with E-state index in [1.807, 2.05) is 6.07 Å². The van der Waals surface area contributed by atoms with Gasteiger partial charge in [0.2, 0.25) is 0 Å². The standard InChI is InChI=1S/C19H26FN3O/c1-22(10-3-13-24)16-7-11-23(12-8-16)14-15-5-6-18(20)17-4-2-9-21-19(15)17/h2,4-6,9,16,24H,3,7-8,10-14H2,1H3. The Kier molecular flexibility index (Phi) is 5.76. The third-order valence-electron chi connectivity index (χ3n) is 5.04. The molecule has 4 nitrogen and oxygen atoms in total. The van der Waals surface area contributed by atoms with Crippen LogP contribution in [0.15, 0.2) is 30.5 Å². The van der Waals surface area contributed by atoms with Gasteiger partial charge in [-0.1, -0.05) is 6.07 Å². The number of pyridine rings is 1. The van der Waals surface area contributed by atoms with Crippen molar-refractivity contribution >= 4 is 10.9 Å². The third kappa shape index (κ3) is 3.91. The number of hydrogen-bond donors (Lipinski definition) is 1. The average Bonchev–Trinajstić information content (AvgIpc) is 2.63. The molecule has 0 saturated carbocycles. The first-order valence-electron chi connectivity index (χ1n) is 8.74. The number of likely N-dealkylation sites (tertiary alicyclic amines) is 1. The smallest absolute Gasteiger partial charge is 0.132 e. The number of halogens is 1. The van der Waals surface area contributed by atoms with Crippen molar-refractivity contribution in [1.82, 2.24) is 14.8 Å². The molecule has 0 spiro atoms. The number of aromatic nitrogens is 1. The molecule has 0 unspecified atom stereocenters. The van der Waals surface area contributed by atoms with Crippen molar-refractivity contribution in [2.45, 2.75) is 31.8 Å². The summed E-state index contributed by atoms with van der Waals surface area (Å²) in [5.74, 6) is -0.203. The van der Waals surface area contributed by atoms with E-state index in [9.17, 15) is 4.39 Å². The van der Waals surface area contributed by atoms with Crippen molar-refractivity contribution in [3.63, 3.8) is 0 Å². The molecule has 1 saturated heterocycles. The maximum Gasteiger partial charge on any atom is 0.132 e. The predicted octanol–water partition coefficient (Wildman–Crippen LogP) is 2.65. The summed E-state index contributed by atoms with van der Waals surface area (Å²) in [6.07, 6.45) is 4.83. The fraction of sp³-hybridized carbons (Fsp3) is 0.526. The molecule has 1 aliphatic rings. The predicted molar refractivity (Wildman–Crippen MR) is 94.3 cm³/mol. The van der Waals surface area contributed by atoms with E-state index in [4.69, 9.17) is 5.11 Å². The minimum absolute atomic E-state index is 0.203. The molecule has 0 aliphatic carbocycles. The SMILES string of the molecule is CN(CCCO)C1CCN(Cc2ccc(F)c3cccnc23)CC1. The number of nitrogens with zero attached hydrogens (tertiary/aromatic N) is 3. The number of hydrogen-bond acceptors (Lipinski definition) is 4. The van der Waals surface area contributed by atoms with E-state index in [2.05, 4.69) is 21.8 Å². The van der Waals surface area contributed by atoms with Gasteiger partial charge in [-0.25, -0.2) is 4.39 Å². The van der Waals surface area contributed by atoms with Crippen LogP contribution in [0.2, 0.25) is 0 Å². The van der Waals surface area contributed by atoms with Gasteiger partial charge in [0.1, 0.15) is 5.82 Å². The van der Waals surface area contributed by atoms with Gasteiger partial charge >= 0.3 is 0 Å². The van der Waals surface area contributed by atoms with Gasteiger partial charge in [-0.3, -0.25) is 9.88 Å². The van der Waals surface area contributed by atoms with E-state index in [1.165, 1.54) is 0 Å². The lowest BCUT2D eigenvalue weighted by Crippen LogP contribution is -2.43. The van der Waals surface area contributed by atoms with Crippen LogP contribution in [0.5, 0.6) is 0 Å². The number of piperidine rings is 1. The number of rotatable bonds is 6. The molecule has 2 aromatic rings. The first-order chi connectivity index (χ1) is 11.7. The molecular weight excluding hydrogens is 305 g/mol. The average molecular weight is 331 g/mol. The zero-order valence-electron chi connectivity index (χ0n) is 14.3. The van der Waals surface area contributed by atoms with E-state index in [-0.39, 0.29) is 12.4 Å². The molecule has 0 atom stereocenters. The molecule has 24 heavy (non-hydrogen) atoms. The van der Waals surface area contributed by atoms with Crippen LogP contribution in [-0.4, -0.2) is 59.2 Å². The summed E-state index contributed by atoms with van der Waals surface area (Å²) in [4.78, 5) is 9.18. The summed E-state index contributed by atoms with van der Waals surface area (Å²) in [5.41, 5.74) is 1.87. The zero-order chi connectivity index (χ0) is 16.9. The van der Waals surface area contributed by atoms with Gasteiger partial charge in [0.15, 0.2) is 0 Å². The molecule has 1 fully saturated rings. The molecule has 0 radical (unpaired) electrons. The highest BCUT2D eigenvalue weighted by atomic mass is 19.1.